The molecule has 0 spiro atoms. The molecule has 1 saturated carbocycles. The van der Waals surface area contributed by atoms with E-state index < -0.39 is 5.92 Å². The average molecular weight is 246 g/mol. The molecule has 1 saturated heterocycles. The zero-order valence-electron chi connectivity index (χ0n) is 10.7. The van der Waals surface area contributed by atoms with Crippen molar-refractivity contribution >= 4 is 0 Å². The monoisotopic (exact) mass is 246 g/mol. The molecule has 2 fully saturated rings. The molecule has 1 aliphatic heterocycles. The third kappa shape index (κ3) is 3.62. The molecular formula is C13H24F2N2. The van der Waals surface area contributed by atoms with Crippen molar-refractivity contribution in [2.24, 2.45) is 5.92 Å². The fraction of sp³-hybridized carbons (Fsp3) is 1.00. The fourth-order valence-corrected chi connectivity index (χ4v) is 3.25. The Hall–Kier alpha value is -0.220. The van der Waals surface area contributed by atoms with E-state index in [1.165, 1.54) is 0 Å². The van der Waals surface area contributed by atoms with Gasteiger partial charge in [-0.1, -0.05) is 6.92 Å². The summed E-state index contributed by atoms with van der Waals surface area (Å²) in [5.41, 5.74) is 0. The van der Waals surface area contributed by atoms with Crippen LogP contribution in [-0.4, -0.2) is 43.0 Å². The molecule has 2 aliphatic rings. The highest BCUT2D eigenvalue weighted by atomic mass is 19.3. The summed E-state index contributed by atoms with van der Waals surface area (Å²) < 4.78 is 26.7. The van der Waals surface area contributed by atoms with E-state index in [0.717, 1.165) is 39.0 Å². The molecule has 4 heteroatoms. The normalized spacial score (nSPS) is 33.2. The predicted molar refractivity (Wildman–Crippen MR) is 65.4 cm³/mol. The van der Waals surface area contributed by atoms with Gasteiger partial charge >= 0.3 is 0 Å². The van der Waals surface area contributed by atoms with E-state index in [0.29, 0.717) is 12.5 Å². The van der Waals surface area contributed by atoms with Crippen LogP contribution in [0, 0.1) is 5.92 Å². The van der Waals surface area contributed by atoms with Gasteiger partial charge in [-0.25, -0.2) is 8.78 Å². The number of rotatable bonds is 4. The predicted octanol–water partition coefficient (Wildman–Crippen LogP) is 2.50. The van der Waals surface area contributed by atoms with Crippen LogP contribution >= 0.6 is 0 Å². The van der Waals surface area contributed by atoms with Gasteiger partial charge in [-0.15, -0.1) is 0 Å². The van der Waals surface area contributed by atoms with Crippen LogP contribution in [0.1, 0.15) is 39.0 Å². The van der Waals surface area contributed by atoms with Gasteiger partial charge in [-0.2, -0.15) is 0 Å². The molecule has 2 unspecified atom stereocenters. The molecule has 0 aromatic rings. The fourth-order valence-electron chi connectivity index (χ4n) is 3.25. The lowest BCUT2D eigenvalue weighted by Gasteiger charge is -2.35. The van der Waals surface area contributed by atoms with Gasteiger partial charge in [0, 0.05) is 32.0 Å². The highest BCUT2D eigenvalue weighted by molar-refractivity contribution is 4.85. The molecule has 1 N–H and O–H groups in total. The number of likely N-dealkylation sites (N-methyl/N-ethyl adjacent to an activating group) is 1. The minimum absolute atomic E-state index is 0.0978. The number of alkyl halides is 2. The van der Waals surface area contributed by atoms with E-state index >= 15 is 0 Å². The Balaban J connectivity index is 1.85. The maximum Gasteiger partial charge on any atom is 0.248 e. The van der Waals surface area contributed by atoms with Crippen molar-refractivity contribution in [2.45, 2.75) is 51.0 Å². The Bertz CT molecular complexity index is 240. The van der Waals surface area contributed by atoms with Crippen molar-refractivity contribution < 1.29 is 8.78 Å². The summed E-state index contributed by atoms with van der Waals surface area (Å²) in [6.45, 7) is 6.07. The van der Waals surface area contributed by atoms with E-state index in [1.807, 2.05) is 0 Å². The minimum atomic E-state index is -2.41. The topological polar surface area (TPSA) is 15.3 Å². The van der Waals surface area contributed by atoms with E-state index in [-0.39, 0.29) is 18.8 Å². The van der Waals surface area contributed by atoms with E-state index in [4.69, 9.17) is 0 Å². The van der Waals surface area contributed by atoms with Crippen LogP contribution in [0.2, 0.25) is 0 Å². The third-order valence-corrected chi connectivity index (χ3v) is 4.19. The highest BCUT2D eigenvalue weighted by Gasteiger charge is 2.37. The summed E-state index contributed by atoms with van der Waals surface area (Å²) in [5, 5.41) is 3.35. The second-order valence-electron chi connectivity index (χ2n) is 5.55. The Kier molecular flexibility index (Phi) is 4.36. The van der Waals surface area contributed by atoms with Gasteiger partial charge in [-0.05, 0) is 38.3 Å². The Morgan fingerprint density at radius 3 is 2.76 bits per heavy atom. The summed E-state index contributed by atoms with van der Waals surface area (Å²) in [6.07, 6.45) is 3.03. The summed E-state index contributed by atoms with van der Waals surface area (Å²) in [6, 6.07) is 0.565. The van der Waals surface area contributed by atoms with Crippen LogP contribution in [0.15, 0.2) is 0 Å². The van der Waals surface area contributed by atoms with Crippen LogP contribution in [-0.2, 0) is 0 Å². The standard InChI is InChI=1S/C13H24F2N2/c1-2-17(12-5-7-16-9-12)10-11-4-3-6-13(14,15)8-11/h11-12,16H,2-10H2,1H3. The number of nitrogens with zero attached hydrogens (tertiary/aromatic N) is 1. The van der Waals surface area contributed by atoms with Gasteiger partial charge < -0.3 is 5.32 Å². The summed E-state index contributed by atoms with van der Waals surface area (Å²) >= 11 is 0. The first-order valence-corrected chi connectivity index (χ1v) is 6.93. The molecule has 2 nitrogen and oxygen atoms in total. The maximum absolute atomic E-state index is 13.4. The first kappa shape index (κ1) is 13.2. The van der Waals surface area contributed by atoms with Crippen molar-refractivity contribution in [3.8, 4) is 0 Å². The zero-order valence-corrected chi connectivity index (χ0v) is 10.7. The van der Waals surface area contributed by atoms with Crippen LogP contribution in [0.4, 0.5) is 8.78 Å². The lowest BCUT2D eigenvalue weighted by molar-refractivity contribution is -0.0581. The number of nitrogens with one attached hydrogen (secondary N) is 1. The molecule has 2 rings (SSSR count). The molecule has 0 radical (unpaired) electrons. The quantitative estimate of drug-likeness (QED) is 0.820. The van der Waals surface area contributed by atoms with Crippen LogP contribution in [0.3, 0.4) is 0 Å². The third-order valence-electron chi connectivity index (χ3n) is 4.19. The van der Waals surface area contributed by atoms with Crippen molar-refractivity contribution in [1.29, 1.82) is 0 Å². The van der Waals surface area contributed by atoms with Gasteiger partial charge in [0.2, 0.25) is 5.92 Å². The Morgan fingerprint density at radius 2 is 2.18 bits per heavy atom. The van der Waals surface area contributed by atoms with Crippen molar-refractivity contribution in [3.63, 3.8) is 0 Å². The van der Waals surface area contributed by atoms with E-state index in [1.54, 1.807) is 0 Å². The van der Waals surface area contributed by atoms with Gasteiger partial charge in [0.1, 0.15) is 0 Å². The van der Waals surface area contributed by atoms with E-state index in [9.17, 15) is 8.78 Å². The van der Waals surface area contributed by atoms with Gasteiger partial charge in [0.15, 0.2) is 0 Å². The Labute approximate surface area is 103 Å². The first-order valence-electron chi connectivity index (χ1n) is 6.93. The van der Waals surface area contributed by atoms with Crippen molar-refractivity contribution in [2.75, 3.05) is 26.2 Å². The lowest BCUT2D eigenvalue weighted by atomic mass is 9.86. The zero-order chi connectivity index (χ0) is 12.3. The molecule has 2 atom stereocenters. The maximum atomic E-state index is 13.4. The van der Waals surface area contributed by atoms with Crippen molar-refractivity contribution in [3.05, 3.63) is 0 Å². The second-order valence-corrected chi connectivity index (χ2v) is 5.55. The van der Waals surface area contributed by atoms with Crippen LogP contribution in [0.5, 0.6) is 0 Å². The van der Waals surface area contributed by atoms with Crippen LogP contribution in [0.25, 0.3) is 0 Å². The molecule has 0 amide bonds. The molecule has 0 aromatic carbocycles. The largest absolute Gasteiger partial charge is 0.315 e. The lowest BCUT2D eigenvalue weighted by Crippen LogP contribution is -2.42. The SMILES string of the molecule is CCN(CC1CCCC(F)(F)C1)C1CCNC1. The summed E-state index contributed by atoms with van der Waals surface area (Å²) in [5.74, 6) is -2.21. The molecule has 0 aromatic heterocycles. The number of hydrogen-bond acceptors (Lipinski definition) is 2. The van der Waals surface area contributed by atoms with E-state index in [2.05, 4.69) is 17.1 Å². The average Bonchev–Trinajstić information content (AvgIpc) is 2.78. The number of halogens is 2. The molecule has 100 valence electrons. The molecule has 17 heavy (non-hydrogen) atoms. The van der Waals surface area contributed by atoms with Crippen molar-refractivity contribution in [1.82, 2.24) is 10.2 Å². The molecule has 1 aliphatic carbocycles. The minimum Gasteiger partial charge on any atom is -0.315 e. The van der Waals surface area contributed by atoms with Gasteiger partial charge in [0.05, 0.1) is 0 Å². The molecule has 0 bridgehead atoms. The second kappa shape index (κ2) is 5.61. The van der Waals surface area contributed by atoms with Crippen LogP contribution < -0.4 is 5.32 Å². The molecular weight excluding hydrogens is 222 g/mol. The highest BCUT2D eigenvalue weighted by Crippen LogP contribution is 2.37. The first-order chi connectivity index (χ1) is 8.11. The Morgan fingerprint density at radius 1 is 1.35 bits per heavy atom. The smallest absolute Gasteiger partial charge is 0.248 e. The van der Waals surface area contributed by atoms with Gasteiger partial charge in [0.25, 0.3) is 0 Å². The molecule has 1 heterocycles. The summed E-state index contributed by atoms with van der Waals surface area (Å²) in [7, 11) is 0. The number of hydrogen-bond donors (Lipinski definition) is 1. The summed E-state index contributed by atoms with van der Waals surface area (Å²) in [4.78, 5) is 2.39. The van der Waals surface area contributed by atoms with Gasteiger partial charge in [-0.3, -0.25) is 4.90 Å².